The van der Waals surface area contributed by atoms with Crippen LogP contribution in [0.1, 0.15) is 101 Å². The highest BCUT2D eigenvalue weighted by molar-refractivity contribution is 5.93. The third kappa shape index (κ3) is 4.90. The van der Waals surface area contributed by atoms with Crippen molar-refractivity contribution in [2.24, 2.45) is 0 Å². The van der Waals surface area contributed by atoms with Crippen molar-refractivity contribution >= 4 is 16.7 Å². The number of fused-ring (bicyclic) bond motifs is 2. The second kappa shape index (κ2) is 9.92. The van der Waals surface area contributed by atoms with Crippen LogP contribution in [-0.2, 0) is 15.6 Å². The van der Waals surface area contributed by atoms with E-state index < -0.39 is 6.10 Å². The van der Waals surface area contributed by atoms with Gasteiger partial charge in [-0.1, -0.05) is 59.7 Å². The van der Waals surface area contributed by atoms with Gasteiger partial charge in [-0.3, -0.25) is 0 Å². The Morgan fingerprint density at radius 3 is 2.00 bits per heavy atom. The maximum atomic E-state index is 12.0. The zero-order chi connectivity index (χ0) is 25.3. The van der Waals surface area contributed by atoms with Crippen LogP contribution in [-0.4, -0.2) is 17.7 Å². The number of ether oxygens (including phenoxy) is 1. The van der Waals surface area contributed by atoms with Gasteiger partial charge in [0.2, 0.25) is 0 Å². The number of rotatable bonds is 4. The first-order valence-electron chi connectivity index (χ1n) is 12.6. The number of aliphatic hydroxyl groups excluding tert-OH is 1. The van der Waals surface area contributed by atoms with Crippen molar-refractivity contribution in [3.63, 3.8) is 0 Å². The predicted octanol–water partition coefficient (Wildman–Crippen LogP) is 8.11. The second-order valence-electron chi connectivity index (χ2n) is 10.4. The molecule has 0 radical (unpaired) electrons. The summed E-state index contributed by atoms with van der Waals surface area (Å²) in [5.41, 5.74) is 6.59. The fourth-order valence-corrected chi connectivity index (χ4v) is 4.98. The molecular weight excluding hydrogens is 420 g/mol. The van der Waals surface area contributed by atoms with Crippen molar-refractivity contribution in [2.75, 3.05) is 6.61 Å². The van der Waals surface area contributed by atoms with Gasteiger partial charge in [0.15, 0.2) is 0 Å². The van der Waals surface area contributed by atoms with Crippen LogP contribution in [0, 0.1) is 0 Å². The molecule has 34 heavy (non-hydrogen) atoms. The normalized spacial score (nSPS) is 16.7. The molecule has 1 atom stereocenters. The molecule has 0 bridgehead atoms. The molecule has 1 aliphatic rings. The lowest BCUT2D eigenvalue weighted by atomic mass is 9.62. The standard InChI is InChI=1S/C29H34O3.C2H6/c1-7-32-27(31)20-10-8-19(9-11-20)21-14-22-16-25-26(17-24(22)23(15-21)18(2)30)29(5,6)13-12-28(25,3)4;1-2/h8-11,14-18,30H,7,12-13H2,1-6H3;1-2H3. The summed E-state index contributed by atoms with van der Waals surface area (Å²) in [6, 6.07) is 16.5. The molecule has 0 aromatic heterocycles. The molecule has 0 saturated carbocycles. The monoisotopic (exact) mass is 460 g/mol. The maximum Gasteiger partial charge on any atom is 0.338 e. The molecule has 3 aromatic carbocycles. The van der Waals surface area contributed by atoms with Crippen molar-refractivity contribution in [2.45, 2.75) is 85.2 Å². The maximum absolute atomic E-state index is 12.0. The van der Waals surface area contributed by atoms with Crippen LogP contribution < -0.4 is 0 Å². The van der Waals surface area contributed by atoms with Crippen LogP contribution in [0.15, 0.2) is 48.5 Å². The van der Waals surface area contributed by atoms with Gasteiger partial charge >= 0.3 is 5.97 Å². The van der Waals surface area contributed by atoms with Gasteiger partial charge in [0.05, 0.1) is 18.3 Å². The van der Waals surface area contributed by atoms with E-state index in [0.29, 0.717) is 12.2 Å². The Morgan fingerprint density at radius 1 is 0.912 bits per heavy atom. The Morgan fingerprint density at radius 2 is 1.47 bits per heavy atom. The molecule has 3 heteroatoms. The van der Waals surface area contributed by atoms with Crippen molar-refractivity contribution < 1.29 is 14.6 Å². The van der Waals surface area contributed by atoms with Crippen LogP contribution in [0.4, 0.5) is 0 Å². The highest BCUT2D eigenvalue weighted by Crippen LogP contribution is 2.48. The Bertz CT molecular complexity index is 1170. The van der Waals surface area contributed by atoms with Crippen molar-refractivity contribution in [1.29, 1.82) is 0 Å². The second-order valence-corrected chi connectivity index (χ2v) is 10.4. The molecule has 1 unspecified atom stereocenters. The van der Waals surface area contributed by atoms with Crippen LogP contribution in [0.25, 0.3) is 21.9 Å². The van der Waals surface area contributed by atoms with Crippen molar-refractivity contribution in [3.8, 4) is 11.1 Å². The minimum Gasteiger partial charge on any atom is -0.462 e. The quantitative estimate of drug-likeness (QED) is 0.400. The number of hydrogen-bond donors (Lipinski definition) is 1. The summed E-state index contributed by atoms with van der Waals surface area (Å²) in [5.74, 6) is -0.307. The summed E-state index contributed by atoms with van der Waals surface area (Å²) >= 11 is 0. The third-order valence-corrected chi connectivity index (χ3v) is 7.14. The van der Waals surface area contributed by atoms with Crippen LogP contribution in [0.2, 0.25) is 0 Å². The fraction of sp³-hybridized carbons (Fsp3) is 0.452. The lowest BCUT2D eigenvalue weighted by Crippen LogP contribution is -2.33. The minimum absolute atomic E-state index is 0.122. The van der Waals surface area contributed by atoms with Gasteiger partial charge in [-0.2, -0.15) is 0 Å². The number of carbonyl (C=O) groups is 1. The van der Waals surface area contributed by atoms with Gasteiger partial charge < -0.3 is 9.84 Å². The highest BCUT2D eigenvalue weighted by atomic mass is 16.5. The first-order valence-corrected chi connectivity index (χ1v) is 12.6. The first kappa shape index (κ1) is 26.0. The Labute approximate surface area is 205 Å². The van der Waals surface area contributed by atoms with Crippen LogP contribution in [0.5, 0.6) is 0 Å². The van der Waals surface area contributed by atoms with Gasteiger partial charge in [-0.05, 0) is 106 Å². The van der Waals surface area contributed by atoms with Gasteiger partial charge in [0, 0.05) is 0 Å². The fourth-order valence-electron chi connectivity index (χ4n) is 4.98. The summed E-state index contributed by atoms with van der Waals surface area (Å²) in [7, 11) is 0. The summed E-state index contributed by atoms with van der Waals surface area (Å²) in [6.07, 6.45) is 1.75. The van der Waals surface area contributed by atoms with E-state index in [1.54, 1.807) is 19.1 Å². The molecule has 0 saturated heterocycles. The van der Waals surface area contributed by atoms with Crippen molar-refractivity contribution in [1.82, 2.24) is 0 Å². The summed E-state index contributed by atoms with van der Waals surface area (Å²) < 4.78 is 5.10. The molecule has 4 rings (SSSR count). The molecule has 0 heterocycles. The number of benzene rings is 3. The zero-order valence-electron chi connectivity index (χ0n) is 22.1. The lowest BCUT2D eigenvalue weighted by Gasteiger charge is -2.42. The van der Waals surface area contributed by atoms with Gasteiger partial charge in [-0.15, -0.1) is 0 Å². The number of carbonyl (C=O) groups excluding carboxylic acids is 1. The van der Waals surface area contributed by atoms with Gasteiger partial charge in [0.1, 0.15) is 0 Å². The molecule has 0 fully saturated rings. The average Bonchev–Trinajstić information content (AvgIpc) is 2.82. The van der Waals surface area contributed by atoms with E-state index >= 15 is 0 Å². The summed E-state index contributed by atoms with van der Waals surface area (Å²) in [6.45, 7) is 17.3. The molecule has 0 spiro atoms. The predicted molar refractivity (Wildman–Crippen MR) is 143 cm³/mol. The Kier molecular flexibility index (Phi) is 7.57. The Balaban J connectivity index is 0.00000158. The average molecular weight is 461 g/mol. The summed E-state index contributed by atoms with van der Waals surface area (Å²) in [4.78, 5) is 12.0. The number of hydrogen-bond acceptors (Lipinski definition) is 3. The SMILES string of the molecule is CC.CCOC(=O)c1ccc(-c2cc(C(C)O)c3cc4c(cc3c2)C(C)(C)CCC4(C)C)cc1. The lowest BCUT2D eigenvalue weighted by molar-refractivity contribution is 0.0526. The molecule has 182 valence electrons. The van der Waals surface area contributed by atoms with Gasteiger partial charge in [-0.25, -0.2) is 4.79 Å². The number of aliphatic hydroxyl groups is 1. The molecule has 1 aliphatic carbocycles. The van der Waals surface area contributed by atoms with E-state index in [2.05, 4.69) is 52.0 Å². The van der Waals surface area contributed by atoms with Crippen LogP contribution in [0.3, 0.4) is 0 Å². The van der Waals surface area contributed by atoms with E-state index in [0.717, 1.165) is 40.3 Å². The smallest absolute Gasteiger partial charge is 0.338 e. The number of esters is 1. The first-order chi connectivity index (χ1) is 16.0. The topological polar surface area (TPSA) is 46.5 Å². The molecule has 0 aliphatic heterocycles. The van der Waals surface area contributed by atoms with E-state index in [1.807, 2.05) is 32.9 Å². The van der Waals surface area contributed by atoms with Crippen LogP contribution >= 0.6 is 0 Å². The van der Waals surface area contributed by atoms with Crippen molar-refractivity contribution in [3.05, 3.63) is 70.8 Å². The third-order valence-electron chi connectivity index (χ3n) is 7.14. The zero-order valence-corrected chi connectivity index (χ0v) is 22.1. The Hall–Kier alpha value is -2.65. The molecule has 0 amide bonds. The molecule has 1 N–H and O–H groups in total. The summed E-state index contributed by atoms with van der Waals surface area (Å²) in [5, 5.41) is 12.9. The van der Waals surface area contributed by atoms with E-state index in [4.69, 9.17) is 4.74 Å². The molecule has 3 nitrogen and oxygen atoms in total. The minimum atomic E-state index is -0.575. The van der Waals surface area contributed by atoms with E-state index in [9.17, 15) is 9.90 Å². The van der Waals surface area contributed by atoms with E-state index in [1.165, 1.54) is 11.1 Å². The van der Waals surface area contributed by atoms with E-state index in [-0.39, 0.29) is 16.8 Å². The highest BCUT2D eigenvalue weighted by Gasteiger charge is 2.37. The largest absolute Gasteiger partial charge is 0.462 e. The molecule has 3 aromatic rings. The molecular formula is C31H40O3. The van der Waals surface area contributed by atoms with Gasteiger partial charge in [0.25, 0.3) is 0 Å².